The molecule has 7 nitrogen and oxygen atoms in total. The molecule has 0 aliphatic rings. The molecule has 0 saturated heterocycles. The average molecular weight is 269 g/mol. The molecule has 1 aromatic heterocycles. The topological polar surface area (TPSA) is 83.3 Å². The van der Waals surface area contributed by atoms with Crippen LogP contribution in [-0.4, -0.2) is 63.7 Å². The molecule has 1 aromatic rings. The lowest BCUT2D eigenvalue weighted by Crippen LogP contribution is -2.30. The second-order valence-corrected chi connectivity index (χ2v) is 4.85. The number of carboxylic acid groups (broad SMARTS) is 1. The van der Waals surface area contributed by atoms with Crippen molar-refractivity contribution in [2.75, 3.05) is 26.7 Å². The normalized spacial score (nSPS) is 11.4. The molecule has 0 aromatic carbocycles. The van der Waals surface area contributed by atoms with Crippen molar-refractivity contribution in [3.8, 4) is 0 Å². The maximum atomic E-state index is 10.6. The molecule has 2 N–H and O–H groups in total. The van der Waals surface area contributed by atoms with Gasteiger partial charge in [-0.1, -0.05) is 5.21 Å². The monoisotopic (exact) mass is 269 g/mol. The van der Waals surface area contributed by atoms with Crippen LogP contribution < -0.4 is 5.32 Å². The number of rotatable bonds is 9. The number of carboxylic acids is 1. The number of aromatic carboxylic acids is 1. The van der Waals surface area contributed by atoms with E-state index in [0.717, 1.165) is 26.1 Å². The van der Waals surface area contributed by atoms with Gasteiger partial charge in [-0.3, -0.25) is 4.68 Å². The van der Waals surface area contributed by atoms with Gasteiger partial charge < -0.3 is 15.3 Å². The minimum absolute atomic E-state index is 0.0152. The molecule has 0 aliphatic carbocycles. The van der Waals surface area contributed by atoms with E-state index < -0.39 is 5.97 Å². The van der Waals surface area contributed by atoms with E-state index in [1.54, 1.807) is 0 Å². The first-order chi connectivity index (χ1) is 9.00. The predicted molar refractivity (Wildman–Crippen MR) is 72.2 cm³/mol. The zero-order valence-electron chi connectivity index (χ0n) is 11.8. The summed E-state index contributed by atoms with van der Waals surface area (Å²) in [5.41, 5.74) is -0.0152. The van der Waals surface area contributed by atoms with Crippen molar-refractivity contribution in [2.24, 2.45) is 0 Å². The summed E-state index contributed by atoms with van der Waals surface area (Å²) in [6.45, 7) is 7.75. The summed E-state index contributed by atoms with van der Waals surface area (Å²) in [6.07, 6.45) is 2.53. The lowest BCUT2D eigenvalue weighted by Gasteiger charge is -2.20. The first-order valence-corrected chi connectivity index (χ1v) is 6.55. The van der Waals surface area contributed by atoms with Crippen LogP contribution in [0, 0.1) is 0 Å². The van der Waals surface area contributed by atoms with Gasteiger partial charge in [0.05, 0.1) is 12.7 Å². The Balaban J connectivity index is 2.09. The third-order valence-electron chi connectivity index (χ3n) is 3.02. The van der Waals surface area contributed by atoms with Gasteiger partial charge in [0.1, 0.15) is 0 Å². The van der Waals surface area contributed by atoms with Crippen molar-refractivity contribution >= 4 is 5.97 Å². The van der Waals surface area contributed by atoms with Crippen LogP contribution in [0.1, 0.15) is 30.8 Å². The van der Waals surface area contributed by atoms with Crippen LogP contribution in [0.5, 0.6) is 0 Å². The zero-order chi connectivity index (χ0) is 14.3. The van der Waals surface area contributed by atoms with E-state index in [1.165, 1.54) is 10.9 Å². The second kappa shape index (κ2) is 7.85. The van der Waals surface area contributed by atoms with Crippen LogP contribution in [0.3, 0.4) is 0 Å². The molecule has 7 heteroatoms. The number of hydrogen-bond donors (Lipinski definition) is 2. The Kier molecular flexibility index (Phi) is 6.44. The number of carbonyl (C=O) groups is 1. The van der Waals surface area contributed by atoms with E-state index in [4.69, 9.17) is 5.11 Å². The van der Waals surface area contributed by atoms with Crippen LogP contribution >= 0.6 is 0 Å². The first-order valence-electron chi connectivity index (χ1n) is 6.55. The van der Waals surface area contributed by atoms with Gasteiger partial charge in [-0.05, 0) is 40.4 Å². The Labute approximate surface area is 113 Å². The largest absolute Gasteiger partial charge is 0.476 e. The van der Waals surface area contributed by atoms with Crippen molar-refractivity contribution in [2.45, 2.75) is 32.9 Å². The predicted octanol–water partition coefficient (Wildman–Crippen LogP) is 0.296. The Morgan fingerprint density at radius 1 is 1.53 bits per heavy atom. The van der Waals surface area contributed by atoms with Gasteiger partial charge in [0.15, 0.2) is 5.69 Å². The standard InChI is InChI=1S/C12H23N5O2/c1-10(2)16(3)7-4-5-13-6-8-17-9-11(12(18)19)14-15-17/h9-10,13H,4-8H2,1-3H3,(H,18,19). The highest BCUT2D eigenvalue weighted by Gasteiger charge is 2.07. The average Bonchev–Trinajstić information content (AvgIpc) is 2.82. The Morgan fingerprint density at radius 3 is 2.84 bits per heavy atom. The van der Waals surface area contributed by atoms with Gasteiger partial charge in [-0.15, -0.1) is 5.10 Å². The smallest absolute Gasteiger partial charge is 0.358 e. The van der Waals surface area contributed by atoms with Gasteiger partial charge in [-0.2, -0.15) is 0 Å². The maximum Gasteiger partial charge on any atom is 0.358 e. The van der Waals surface area contributed by atoms with Crippen molar-refractivity contribution < 1.29 is 9.90 Å². The van der Waals surface area contributed by atoms with E-state index in [0.29, 0.717) is 12.6 Å². The molecule has 0 aliphatic heterocycles. The summed E-state index contributed by atoms with van der Waals surface area (Å²) >= 11 is 0. The molecular weight excluding hydrogens is 246 g/mol. The van der Waals surface area contributed by atoms with Crippen LogP contribution in [0.15, 0.2) is 6.20 Å². The van der Waals surface area contributed by atoms with Gasteiger partial charge in [0, 0.05) is 12.6 Å². The third kappa shape index (κ3) is 5.80. The minimum atomic E-state index is -1.05. The highest BCUT2D eigenvalue weighted by atomic mass is 16.4. The van der Waals surface area contributed by atoms with Crippen LogP contribution in [0.4, 0.5) is 0 Å². The summed E-state index contributed by atoms with van der Waals surface area (Å²) < 4.78 is 1.54. The fourth-order valence-electron chi connectivity index (χ4n) is 1.54. The summed E-state index contributed by atoms with van der Waals surface area (Å²) in [7, 11) is 2.12. The van der Waals surface area contributed by atoms with E-state index in [-0.39, 0.29) is 5.69 Å². The molecular formula is C12H23N5O2. The quantitative estimate of drug-likeness (QED) is 0.627. The first kappa shape index (κ1) is 15.6. The SMILES string of the molecule is CC(C)N(C)CCCNCCn1cc(C(=O)O)nn1. The van der Waals surface area contributed by atoms with E-state index in [1.807, 2.05) is 0 Å². The highest BCUT2D eigenvalue weighted by molar-refractivity contribution is 5.84. The van der Waals surface area contributed by atoms with E-state index in [9.17, 15) is 4.79 Å². The second-order valence-electron chi connectivity index (χ2n) is 4.85. The lowest BCUT2D eigenvalue weighted by molar-refractivity contribution is 0.0690. The molecule has 0 radical (unpaired) electrons. The Morgan fingerprint density at radius 2 is 2.26 bits per heavy atom. The van der Waals surface area contributed by atoms with Gasteiger partial charge >= 0.3 is 5.97 Å². The van der Waals surface area contributed by atoms with Crippen molar-refractivity contribution in [3.05, 3.63) is 11.9 Å². The van der Waals surface area contributed by atoms with Crippen LogP contribution in [0.2, 0.25) is 0 Å². The minimum Gasteiger partial charge on any atom is -0.476 e. The van der Waals surface area contributed by atoms with Gasteiger partial charge in [-0.25, -0.2) is 4.79 Å². The third-order valence-corrected chi connectivity index (χ3v) is 3.02. The molecule has 1 rings (SSSR count). The van der Waals surface area contributed by atoms with Crippen LogP contribution in [0.25, 0.3) is 0 Å². The molecule has 0 spiro atoms. The Hall–Kier alpha value is -1.47. The summed E-state index contributed by atoms with van der Waals surface area (Å²) in [5, 5.41) is 19.3. The molecule has 0 saturated carbocycles. The summed E-state index contributed by atoms with van der Waals surface area (Å²) in [5.74, 6) is -1.05. The summed E-state index contributed by atoms with van der Waals surface area (Å²) in [6, 6.07) is 0.574. The highest BCUT2D eigenvalue weighted by Crippen LogP contribution is 1.94. The summed E-state index contributed by atoms with van der Waals surface area (Å²) in [4.78, 5) is 12.9. The molecule has 0 fully saturated rings. The van der Waals surface area contributed by atoms with Crippen LogP contribution in [-0.2, 0) is 6.54 Å². The molecule has 0 unspecified atom stereocenters. The number of aromatic nitrogens is 3. The van der Waals surface area contributed by atoms with Crippen molar-refractivity contribution in [3.63, 3.8) is 0 Å². The molecule has 108 valence electrons. The molecule has 19 heavy (non-hydrogen) atoms. The van der Waals surface area contributed by atoms with E-state index >= 15 is 0 Å². The molecule has 0 bridgehead atoms. The van der Waals surface area contributed by atoms with Gasteiger partial charge in [0.2, 0.25) is 0 Å². The van der Waals surface area contributed by atoms with Crippen molar-refractivity contribution in [1.29, 1.82) is 0 Å². The molecule has 0 amide bonds. The lowest BCUT2D eigenvalue weighted by atomic mass is 10.3. The van der Waals surface area contributed by atoms with E-state index in [2.05, 4.69) is 41.4 Å². The fourth-order valence-corrected chi connectivity index (χ4v) is 1.54. The van der Waals surface area contributed by atoms with Gasteiger partial charge in [0.25, 0.3) is 0 Å². The maximum absolute atomic E-state index is 10.6. The van der Waals surface area contributed by atoms with Crippen molar-refractivity contribution in [1.82, 2.24) is 25.2 Å². The fraction of sp³-hybridized carbons (Fsp3) is 0.750. The Bertz CT molecular complexity index is 391. The molecule has 1 heterocycles. The number of hydrogen-bond acceptors (Lipinski definition) is 5. The number of nitrogens with one attached hydrogen (secondary N) is 1. The zero-order valence-corrected chi connectivity index (χ0v) is 11.8. The molecule has 0 atom stereocenters. The number of nitrogens with zero attached hydrogens (tertiary/aromatic N) is 4.